The van der Waals surface area contributed by atoms with Crippen LogP contribution in [0.5, 0.6) is 0 Å². The first-order chi connectivity index (χ1) is 7.19. The molecule has 0 amide bonds. The fourth-order valence-corrected chi connectivity index (χ4v) is 1.45. The van der Waals surface area contributed by atoms with E-state index in [9.17, 15) is 0 Å². The molecule has 0 aliphatic carbocycles. The van der Waals surface area contributed by atoms with E-state index in [2.05, 4.69) is 32.0 Å². The number of ether oxygens (including phenoxy) is 2. The first-order valence-corrected chi connectivity index (χ1v) is 5.49. The van der Waals surface area contributed by atoms with Gasteiger partial charge < -0.3 is 9.47 Å². The molecule has 0 spiro atoms. The number of hydrogen-bond acceptors (Lipinski definition) is 2. The average molecular weight is 208 g/mol. The van der Waals surface area contributed by atoms with Gasteiger partial charge in [0.1, 0.15) is 0 Å². The summed E-state index contributed by atoms with van der Waals surface area (Å²) in [6, 6.07) is 6.30. The third kappa shape index (κ3) is 3.33. The van der Waals surface area contributed by atoms with E-state index in [4.69, 9.17) is 9.47 Å². The first kappa shape index (κ1) is 12.2. The molecule has 0 aliphatic heterocycles. The van der Waals surface area contributed by atoms with Gasteiger partial charge in [-0.25, -0.2) is 0 Å². The summed E-state index contributed by atoms with van der Waals surface area (Å²) in [5.74, 6) is 0. The molecule has 84 valence electrons. The van der Waals surface area contributed by atoms with Crippen molar-refractivity contribution in [3.8, 4) is 0 Å². The maximum absolute atomic E-state index is 5.54. The molecule has 15 heavy (non-hydrogen) atoms. The van der Waals surface area contributed by atoms with Crippen molar-refractivity contribution < 1.29 is 9.47 Å². The summed E-state index contributed by atoms with van der Waals surface area (Å²) in [6.07, 6.45) is -0.223. The van der Waals surface area contributed by atoms with Crippen LogP contribution in [0, 0.1) is 13.8 Å². The molecule has 0 fully saturated rings. The lowest BCUT2D eigenvalue weighted by Gasteiger charge is -2.18. The van der Waals surface area contributed by atoms with Crippen molar-refractivity contribution in [2.24, 2.45) is 0 Å². The molecule has 0 saturated carbocycles. The van der Waals surface area contributed by atoms with Crippen molar-refractivity contribution in [3.63, 3.8) is 0 Å². The van der Waals surface area contributed by atoms with E-state index in [0.717, 1.165) is 5.56 Å². The van der Waals surface area contributed by atoms with Crippen molar-refractivity contribution in [2.75, 3.05) is 13.2 Å². The zero-order valence-corrected chi connectivity index (χ0v) is 10.0. The second-order valence-corrected chi connectivity index (χ2v) is 3.59. The predicted octanol–water partition coefficient (Wildman–Crippen LogP) is 3.38. The van der Waals surface area contributed by atoms with E-state index in [0.29, 0.717) is 13.2 Å². The van der Waals surface area contributed by atoms with Crippen molar-refractivity contribution in [1.29, 1.82) is 0 Å². The highest BCUT2D eigenvalue weighted by Gasteiger charge is 2.11. The van der Waals surface area contributed by atoms with Crippen molar-refractivity contribution in [2.45, 2.75) is 34.0 Å². The Labute approximate surface area is 92.2 Å². The van der Waals surface area contributed by atoms with E-state index < -0.39 is 0 Å². The number of aryl methyl sites for hydroxylation is 2. The molecular formula is C13H20O2. The summed E-state index contributed by atoms with van der Waals surface area (Å²) in [4.78, 5) is 0. The van der Waals surface area contributed by atoms with Crippen molar-refractivity contribution >= 4 is 0 Å². The molecule has 1 aromatic carbocycles. The molecular weight excluding hydrogens is 188 g/mol. The van der Waals surface area contributed by atoms with E-state index in [1.54, 1.807) is 0 Å². The Hall–Kier alpha value is -0.860. The Morgan fingerprint density at radius 2 is 1.60 bits per heavy atom. The SMILES string of the molecule is CCOC(OCC)c1ccc(C)c(C)c1. The standard InChI is InChI=1S/C13H20O2/c1-5-14-13(15-6-2)12-8-7-10(3)11(4)9-12/h7-9,13H,5-6H2,1-4H3. The maximum atomic E-state index is 5.54. The summed E-state index contributed by atoms with van der Waals surface area (Å²) >= 11 is 0. The monoisotopic (exact) mass is 208 g/mol. The smallest absolute Gasteiger partial charge is 0.183 e. The van der Waals surface area contributed by atoms with Crippen LogP contribution in [0.4, 0.5) is 0 Å². The van der Waals surface area contributed by atoms with Gasteiger partial charge in [-0.1, -0.05) is 18.2 Å². The number of rotatable bonds is 5. The van der Waals surface area contributed by atoms with Crippen molar-refractivity contribution in [3.05, 3.63) is 34.9 Å². The lowest BCUT2D eigenvalue weighted by atomic mass is 10.1. The van der Waals surface area contributed by atoms with Crippen LogP contribution in [0.1, 0.15) is 36.8 Å². The fourth-order valence-electron chi connectivity index (χ4n) is 1.45. The molecule has 0 saturated heterocycles. The van der Waals surface area contributed by atoms with Gasteiger partial charge in [0, 0.05) is 18.8 Å². The second-order valence-electron chi connectivity index (χ2n) is 3.59. The van der Waals surface area contributed by atoms with Crippen LogP contribution in [0.15, 0.2) is 18.2 Å². The Bertz CT molecular complexity index is 301. The third-order valence-electron chi connectivity index (χ3n) is 2.44. The van der Waals surface area contributed by atoms with Gasteiger partial charge in [-0.05, 0) is 38.8 Å². The molecule has 0 aliphatic rings. The molecule has 2 nitrogen and oxygen atoms in total. The highest BCUT2D eigenvalue weighted by Crippen LogP contribution is 2.21. The number of benzene rings is 1. The molecule has 0 N–H and O–H groups in total. The van der Waals surface area contributed by atoms with Crippen LogP contribution in [0.2, 0.25) is 0 Å². The van der Waals surface area contributed by atoms with Gasteiger partial charge >= 0.3 is 0 Å². The van der Waals surface area contributed by atoms with E-state index in [1.165, 1.54) is 11.1 Å². The number of hydrogen-bond donors (Lipinski definition) is 0. The minimum Gasteiger partial charge on any atom is -0.349 e. The summed E-state index contributed by atoms with van der Waals surface area (Å²) in [7, 11) is 0. The zero-order valence-electron chi connectivity index (χ0n) is 10.0. The molecule has 0 atom stereocenters. The lowest BCUT2D eigenvalue weighted by Crippen LogP contribution is -2.09. The molecule has 1 aromatic rings. The van der Waals surface area contributed by atoms with Gasteiger partial charge in [0.15, 0.2) is 6.29 Å². The Kier molecular flexibility index (Phi) is 4.79. The highest BCUT2D eigenvalue weighted by molar-refractivity contribution is 5.30. The van der Waals surface area contributed by atoms with Gasteiger partial charge in [0.05, 0.1) is 0 Å². The summed E-state index contributed by atoms with van der Waals surface area (Å²) in [5, 5.41) is 0. The highest BCUT2D eigenvalue weighted by atomic mass is 16.7. The summed E-state index contributed by atoms with van der Waals surface area (Å²) < 4.78 is 11.1. The fraction of sp³-hybridized carbons (Fsp3) is 0.538. The zero-order chi connectivity index (χ0) is 11.3. The van der Waals surface area contributed by atoms with Gasteiger partial charge in [-0.3, -0.25) is 0 Å². The Morgan fingerprint density at radius 3 is 2.07 bits per heavy atom. The van der Waals surface area contributed by atoms with Crippen LogP contribution in [-0.4, -0.2) is 13.2 Å². The Morgan fingerprint density at radius 1 is 1.00 bits per heavy atom. The molecule has 0 bridgehead atoms. The van der Waals surface area contributed by atoms with Crippen LogP contribution in [-0.2, 0) is 9.47 Å². The van der Waals surface area contributed by atoms with Gasteiger partial charge in [0.25, 0.3) is 0 Å². The minimum absolute atomic E-state index is 0.223. The van der Waals surface area contributed by atoms with Crippen molar-refractivity contribution in [1.82, 2.24) is 0 Å². The van der Waals surface area contributed by atoms with Crippen LogP contribution in [0.25, 0.3) is 0 Å². The lowest BCUT2D eigenvalue weighted by molar-refractivity contribution is -0.140. The predicted molar refractivity (Wildman–Crippen MR) is 61.9 cm³/mol. The van der Waals surface area contributed by atoms with Crippen LogP contribution in [0.3, 0.4) is 0 Å². The Balaban J connectivity index is 2.85. The molecule has 0 unspecified atom stereocenters. The topological polar surface area (TPSA) is 18.5 Å². The summed E-state index contributed by atoms with van der Waals surface area (Å²) in [5.41, 5.74) is 3.67. The average Bonchev–Trinajstić information content (AvgIpc) is 2.22. The van der Waals surface area contributed by atoms with Crippen LogP contribution >= 0.6 is 0 Å². The molecule has 0 aromatic heterocycles. The third-order valence-corrected chi connectivity index (χ3v) is 2.44. The van der Waals surface area contributed by atoms with Gasteiger partial charge in [0.2, 0.25) is 0 Å². The van der Waals surface area contributed by atoms with Gasteiger partial charge in [-0.2, -0.15) is 0 Å². The largest absolute Gasteiger partial charge is 0.349 e. The quantitative estimate of drug-likeness (QED) is 0.691. The second kappa shape index (κ2) is 5.89. The van der Waals surface area contributed by atoms with E-state index in [1.807, 2.05) is 13.8 Å². The van der Waals surface area contributed by atoms with Crippen LogP contribution < -0.4 is 0 Å². The van der Waals surface area contributed by atoms with E-state index in [-0.39, 0.29) is 6.29 Å². The molecule has 1 rings (SSSR count). The molecule has 2 heteroatoms. The molecule has 0 radical (unpaired) electrons. The van der Waals surface area contributed by atoms with Gasteiger partial charge in [-0.15, -0.1) is 0 Å². The van der Waals surface area contributed by atoms with E-state index >= 15 is 0 Å². The molecule has 0 heterocycles. The summed E-state index contributed by atoms with van der Waals surface area (Å²) in [6.45, 7) is 9.50. The normalized spacial score (nSPS) is 11.0. The minimum atomic E-state index is -0.223. The maximum Gasteiger partial charge on any atom is 0.183 e. The first-order valence-electron chi connectivity index (χ1n) is 5.49.